The van der Waals surface area contributed by atoms with Gasteiger partial charge in [0.2, 0.25) is 10.0 Å². The number of aryl methyl sites for hydroxylation is 3. The van der Waals surface area contributed by atoms with Crippen molar-refractivity contribution < 1.29 is 8.42 Å². The largest absolute Gasteiger partial charge is 0.241 e. The highest BCUT2D eigenvalue weighted by Gasteiger charge is 2.26. The van der Waals surface area contributed by atoms with E-state index in [4.69, 9.17) is 0 Å². The molecule has 5 nitrogen and oxygen atoms in total. The van der Waals surface area contributed by atoms with Crippen molar-refractivity contribution in [3.63, 3.8) is 0 Å². The van der Waals surface area contributed by atoms with E-state index in [1.165, 1.54) is 0 Å². The number of rotatable bonds is 3. The van der Waals surface area contributed by atoms with Gasteiger partial charge < -0.3 is 0 Å². The highest BCUT2D eigenvalue weighted by Crippen LogP contribution is 2.29. The van der Waals surface area contributed by atoms with Crippen molar-refractivity contribution in [2.24, 2.45) is 0 Å². The molecule has 2 aromatic rings. The minimum absolute atomic E-state index is 0.254. The number of fused-ring (bicyclic) bond motifs is 1. The first-order valence-electron chi connectivity index (χ1n) is 7.37. The minimum Gasteiger partial charge on any atom is -0.241 e. The van der Waals surface area contributed by atoms with Crippen molar-refractivity contribution in [3.8, 4) is 0 Å². The topological polar surface area (TPSA) is 72.0 Å². The van der Waals surface area contributed by atoms with Gasteiger partial charge in [-0.3, -0.25) is 0 Å². The third-order valence-electron chi connectivity index (χ3n) is 3.93. The Morgan fingerprint density at radius 1 is 1.18 bits per heavy atom. The molecule has 0 radical (unpaired) electrons. The Hall–Kier alpha value is -1.79. The van der Waals surface area contributed by atoms with Gasteiger partial charge in [-0.2, -0.15) is 0 Å². The van der Waals surface area contributed by atoms with Crippen LogP contribution in [0.4, 0.5) is 0 Å². The second-order valence-corrected chi connectivity index (χ2v) is 7.41. The van der Waals surface area contributed by atoms with Crippen molar-refractivity contribution >= 4 is 10.0 Å². The molecule has 6 heteroatoms. The maximum absolute atomic E-state index is 12.5. The average Bonchev–Trinajstić information content (AvgIpc) is 2.47. The zero-order chi connectivity index (χ0) is 15.7. The molecule has 116 valence electrons. The van der Waals surface area contributed by atoms with Crippen molar-refractivity contribution in [3.05, 3.63) is 53.1 Å². The van der Waals surface area contributed by atoms with E-state index in [1.807, 2.05) is 13.8 Å². The summed E-state index contributed by atoms with van der Waals surface area (Å²) in [5.74, 6) is 0.723. The van der Waals surface area contributed by atoms with E-state index in [0.717, 1.165) is 41.9 Å². The smallest absolute Gasteiger partial charge is 0.241 e. The third kappa shape index (κ3) is 3.03. The second kappa shape index (κ2) is 5.78. The highest BCUT2D eigenvalue weighted by atomic mass is 32.2. The van der Waals surface area contributed by atoms with E-state index in [1.54, 1.807) is 30.5 Å². The minimum atomic E-state index is -3.54. The Balaban J connectivity index is 1.89. The van der Waals surface area contributed by atoms with Crippen LogP contribution in [0.3, 0.4) is 0 Å². The Labute approximate surface area is 130 Å². The average molecular weight is 317 g/mol. The summed E-state index contributed by atoms with van der Waals surface area (Å²) in [5, 5.41) is 0. The molecule has 1 aliphatic carbocycles. The van der Waals surface area contributed by atoms with E-state index in [9.17, 15) is 8.42 Å². The van der Waals surface area contributed by atoms with Gasteiger partial charge in [0, 0.05) is 17.5 Å². The molecule has 0 saturated heterocycles. The molecule has 0 saturated carbocycles. The summed E-state index contributed by atoms with van der Waals surface area (Å²) in [5.41, 5.74) is 2.88. The van der Waals surface area contributed by atoms with Crippen molar-refractivity contribution in [2.45, 2.75) is 44.0 Å². The van der Waals surface area contributed by atoms with Gasteiger partial charge in [-0.05, 0) is 45.2 Å². The van der Waals surface area contributed by atoms with Crippen LogP contribution < -0.4 is 4.72 Å². The molecule has 0 amide bonds. The fourth-order valence-electron chi connectivity index (χ4n) is 2.74. The zero-order valence-corrected chi connectivity index (χ0v) is 13.5. The lowest BCUT2D eigenvalue weighted by Gasteiger charge is -2.25. The Morgan fingerprint density at radius 2 is 1.91 bits per heavy atom. The van der Waals surface area contributed by atoms with Crippen LogP contribution in [-0.4, -0.2) is 18.4 Å². The van der Waals surface area contributed by atoms with Gasteiger partial charge in [0.15, 0.2) is 0 Å². The molecule has 0 bridgehead atoms. The molecule has 1 aromatic heterocycles. The second-order valence-electron chi connectivity index (χ2n) is 5.70. The highest BCUT2D eigenvalue weighted by molar-refractivity contribution is 7.89. The van der Waals surface area contributed by atoms with Gasteiger partial charge in [0.1, 0.15) is 5.82 Å². The molecule has 0 spiro atoms. The van der Waals surface area contributed by atoms with Crippen LogP contribution in [0.1, 0.15) is 41.5 Å². The lowest BCUT2D eigenvalue weighted by Crippen LogP contribution is -2.31. The summed E-state index contributed by atoms with van der Waals surface area (Å²) >= 11 is 0. The number of aromatic nitrogens is 2. The third-order valence-corrected chi connectivity index (χ3v) is 5.42. The Bertz CT molecular complexity index is 786. The maximum Gasteiger partial charge on any atom is 0.241 e. The Morgan fingerprint density at radius 3 is 2.64 bits per heavy atom. The summed E-state index contributed by atoms with van der Waals surface area (Å²) in [6, 6.07) is 6.61. The zero-order valence-electron chi connectivity index (χ0n) is 12.7. The van der Waals surface area contributed by atoms with E-state index < -0.39 is 10.0 Å². The lowest BCUT2D eigenvalue weighted by atomic mass is 9.93. The fraction of sp³-hybridized carbons (Fsp3) is 0.375. The van der Waals surface area contributed by atoms with E-state index in [0.29, 0.717) is 4.90 Å². The van der Waals surface area contributed by atoms with Gasteiger partial charge in [0.25, 0.3) is 0 Å². The van der Waals surface area contributed by atoms with Crippen LogP contribution in [0.25, 0.3) is 0 Å². The van der Waals surface area contributed by atoms with Crippen LogP contribution >= 0.6 is 0 Å². The van der Waals surface area contributed by atoms with Crippen LogP contribution in [0.2, 0.25) is 0 Å². The van der Waals surface area contributed by atoms with Crippen LogP contribution in [-0.2, 0) is 16.4 Å². The first kappa shape index (κ1) is 15.1. The van der Waals surface area contributed by atoms with Crippen molar-refractivity contribution in [1.82, 2.24) is 14.7 Å². The quantitative estimate of drug-likeness (QED) is 0.944. The molecule has 0 unspecified atom stereocenters. The lowest BCUT2D eigenvalue weighted by molar-refractivity contribution is 0.499. The number of sulfonamides is 1. The number of nitrogens with zero attached hydrogens (tertiary/aromatic N) is 2. The number of hydrogen-bond donors (Lipinski definition) is 1. The molecular formula is C16H19N3O2S. The molecule has 1 N–H and O–H groups in total. The van der Waals surface area contributed by atoms with Gasteiger partial charge in [0.05, 0.1) is 10.9 Å². The maximum atomic E-state index is 12.5. The van der Waals surface area contributed by atoms with Crippen LogP contribution in [0.5, 0.6) is 0 Å². The van der Waals surface area contributed by atoms with E-state index in [2.05, 4.69) is 14.7 Å². The first-order valence-corrected chi connectivity index (χ1v) is 8.85. The van der Waals surface area contributed by atoms with Crippen molar-refractivity contribution in [1.29, 1.82) is 0 Å². The summed E-state index contributed by atoms with van der Waals surface area (Å²) < 4.78 is 27.9. The molecule has 1 aliphatic rings. The molecule has 0 aliphatic heterocycles. The molecule has 3 rings (SSSR count). The summed E-state index contributed by atoms with van der Waals surface area (Å²) in [4.78, 5) is 8.93. The van der Waals surface area contributed by atoms with Gasteiger partial charge >= 0.3 is 0 Å². The predicted molar refractivity (Wildman–Crippen MR) is 83.9 cm³/mol. The van der Waals surface area contributed by atoms with Gasteiger partial charge in [-0.15, -0.1) is 0 Å². The van der Waals surface area contributed by atoms with E-state index >= 15 is 0 Å². The number of hydrogen-bond acceptors (Lipinski definition) is 4. The molecule has 1 heterocycles. The number of nitrogens with one attached hydrogen (secondary N) is 1. The van der Waals surface area contributed by atoms with Crippen LogP contribution in [0, 0.1) is 13.8 Å². The molecule has 0 fully saturated rings. The molecule has 22 heavy (non-hydrogen) atoms. The van der Waals surface area contributed by atoms with Crippen LogP contribution in [0.15, 0.2) is 35.4 Å². The van der Waals surface area contributed by atoms with Gasteiger partial charge in [-0.1, -0.05) is 17.7 Å². The summed E-state index contributed by atoms with van der Waals surface area (Å²) in [6.45, 7) is 3.78. The SMILES string of the molecule is Cc1ccc(S(=O)(=O)N[C@@H]2CCCc3nc(C)ncc32)cc1. The van der Waals surface area contributed by atoms with Gasteiger partial charge in [-0.25, -0.2) is 23.1 Å². The molecule has 1 aromatic carbocycles. The summed E-state index contributed by atoms with van der Waals surface area (Å²) in [6.07, 6.45) is 4.32. The molecule has 1 atom stereocenters. The monoisotopic (exact) mass is 317 g/mol. The number of benzene rings is 1. The fourth-order valence-corrected chi connectivity index (χ4v) is 3.99. The first-order chi connectivity index (χ1) is 10.5. The Kier molecular flexibility index (Phi) is 3.97. The van der Waals surface area contributed by atoms with E-state index in [-0.39, 0.29) is 6.04 Å². The predicted octanol–water partition coefficient (Wildman–Crippen LogP) is 2.45. The standard InChI is InChI=1S/C16H19N3O2S/c1-11-6-8-13(9-7-11)22(20,21)19-16-5-3-4-15-14(16)10-17-12(2)18-15/h6-10,16,19H,3-5H2,1-2H3/t16-/m1/s1. The normalized spacial score (nSPS) is 18.0. The van der Waals surface area contributed by atoms with Crippen molar-refractivity contribution in [2.75, 3.05) is 0 Å². The summed E-state index contributed by atoms with van der Waals surface area (Å²) in [7, 11) is -3.54. The molecular weight excluding hydrogens is 298 g/mol.